The first kappa shape index (κ1) is 17.9. The fourth-order valence-electron chi connectivity index (χ4n) is 2.17. The van der Waals surface area contributed by atoms with Crippen LogP contribution < -0.4 is 10.6 Å². The van der Waals surface area contributed by atoms with Crippen LogP contribution in [-0.4, -0.2) is 43.0 Å². The fraction of sp³-hybridized carbons (Fsp3) is 0.333. The Kier molecular flexibility index (Phi) is 6.69. The van der Waals surface area contributed by atoms with Crippen LogP contribution in [0.2, 0.25) is 0 Å². The minimum atomic E-state index is -0.292. The van der Waals surface area contributed by atoms with Gasteiger partial charge >= 0.3 is 0 Å². The second kappa shape index (κ2) is 8.98. The maximum absolute atomic E-state index is 12.9. The molecule has 0 aliphatic carbocycles. The third kappa shape index (κ3) is 5.96. The number of nitrogens with one attached hydrogen (secondary N) is 2. The lowest BCUT2D eigenvalue weighted by atomic mass is 10.2. The molecule has 0 spiro atoms. The standard InChI is InChI=1S/C18H23FN4O/c1-23(2)11-3-9-20-16-8-10-21-17(12-16)18(24)22-13-14-4-6-15(19)7-5-14/h4-8,10,12H,3,9,11,13H2,1-2H3,(H,20,21)(H,22,24). The van der Waals surface area contributed by atoms with Crippen molar-refractivity contribution in [2.24, 2.45) is 0 Å². The average Bonchev–Trinajstić information content (AvgIpc) is 2.58. The third-order valence-electron chi connectivity index (χ3n) is 3.47. The average molecular weight is 330 g/mol. The Morgan fingerprint density at radius 3 is 2.67 bits per heavy atom. The van der Waals surface area contributed by atoms with E-state index in [-0.39, 0.29) is 11.7 Å². The monoisotopic (exact) mass is 330 g/mol. The van der Waals surface area contributed by atoms with Crippen molar-refractivity contribution in [1.82, 2.24) is 15.2 Å². The largest absolute Gasteiger partial charge is 0.385 e. The number of hydrogen-bond acceptors (Lipinski definition) is 4. The van der Waals surface area contributed by atoms with E-state index in [1.54, 1.807) is 24.4 Å². The van der Waals surface area contributed by atoms with Gasteiger partial charge in [-0.3, -0.25) is 9.78 Å². The van der Waals surface area contributed by atoms with Crippen LogP contribution >= 0.6 is 0 Å². The number of hydrogen-bond donors (Lipinski definition) is 2. The smallest absolute Gasteiger partial charge is 0.270 e. The Morgan fingerprint density at radius 2 is 1.96 bits per heavy atom. The van der Waals surface area contributed by atoms with Gasteiger partial charge in [-0.25, -0.2) is 4.39 Å². The quantitative estimate of drug-likeness (QED) is 0.730. The summed E-state index contributed by atoms with van der Waals surface area (Å²) in [5, 5.41) is 6.07. The topological polar surface area (TPSA) is 57.3 Å². The maximum Gasteiger partial charge on any atom is 0.270 e. The van der Waals surface area contributed by atoms with Crippen LogP contribution in [-0.2, 0) is 6.54 Å². The van der Waals surface area contributed by atoms with Crippen molar-refractivity contribution in [2.75, 3.05) is 32.5 Å². The Morgan fingerprint density at radius 1 is 1.21 bits per heavy atom. The van der Waals surface area contributed by atoms with Gasteiger partial charge in [0.05, 0.1) is 0 Å². The van der Waals surface area contributed by atoms with Crippen LogP contribution in [0.1, 0.15) is 22.5 Å². The minimum absolute atomic E-state index is 0.253. The zero-order valence-electron chi connectivity index (χ0n) is 14.1. The number of amides is 1. The highest BCUT2D eigenvalue weighted by Crippen LogP contribution is 2.09. The Hall–Kier alpha value is -2.47. The summed E-state index contributed by atoms with van der Waals surface area (Å²) in [4.78, 5) is 18.4. The Bertz CT molecular complexity index is 658. The third-order valence-corrected chi connectivity index (χ3v) is 3.47. The molecule has 6 heteroatoms. The van der Waals surface area contributed by atoms with Crippen LogP contribution in [0.15, 0.2) is 42.6 Å². The van der Waals surface area contributed by atoms with Gasteiger partial charge in [0.25, 0.3) is 5.91 Å². The number of benzene rings is 1. The summed E-state index contributed by atoms with van der Waals surface area (Å²) >= 11 is 0. The highest BCUT2D eigenvalue weighted by molar-refractivity contribution is 5.93. The molecule has 2 N–H and O–H groups in total. The molecular formula is C18H23FN4O. The first-order valence-corrected chi connectivity index (χ1v) is 7.92. The molecule has 24 heavy (non-hydrogen) atoms. The van der Waals surface area contributed by atoms with Crippen molar-refractivity contribution in [1.29, 1.82) is 0 Å². The second-order valence-electron chi connectivity index (χ2n) is 5.82. The normalized spacial score (nSPS) is 10.7. The number of halogens is 1. The van der Waals surface area contributed by atoms with E-state index in [4.69, 9.17) is 0 Å². The first-order chi connectivity index (χ1) is 11.5. The molecule has 0 saturated carbocycles. The molecule has 0 bridgehead atoms. The van der Waals surface area contributed by atoms with Gasteiger partial charge in [0.2, 0.25) is 0 Å². The summed E-state index contributed by atoms with van der Waals surface area (Å²) < 4.78 is 12.9. The summed E-state index contributed by atoms with van der Waals surface area (Å²) in [6.07, 6.45) is 2.63. The summed E-state index contributed by atoms with van der Waals surface area (Å²) in [6.45, 7) is 2.17. The number of carbonyl (C=O) groups excluding carboxylic acids is 1. The molecule has 1 amide bonds. The molecule has 0 fully saturated rings. The molecule has 1 aromatic carbocycles. The summed E-state index contributed by atoms with van der Waals surface area (Å²) in [7, 11) is 4.08. The fourth-order valence-corrected chi connectivity index (χ4v) is 2.17. The zero-order valence-corrected chi connectivity index (χ0v) is 14.1. The highest BCUT2D eigenvalue weighted by Gasteiger charge is 2.08. The van der Waals surface area contributed by atoms with Crippen LogP contribution in [0.3, 0.4) is 0 Å². The van der Waals surface area contributed by atoms with Crippen LogP contribution in [0.4, 0.5) is 10.1 Å². The van der Waals surface area contributed by atoms with E-state index in [0.29, 0.717) is 12.2 Å². The lowest BCUT2D eigenvalue weighted by molar-refractivity contribution is 0.0946. The molecule has 0 saturated heterocycles. The van der Waals surface area contributed by atoms with Gasteiger partial charge < -0.3 is 15.5 Å². The molecule has 5 nitrogen and oxygen atoms in total. The molecule has 0 radical (unpaired) electrons. The van der Waals surface area contributed by atoms with Gasteiger partial charge in [-0.15, -0.1) is 0 Å². The zero-order chi connectivity index (χ0) is 17.4. The number of rotatable bonds is 8. The lowest BCUT2D eigenvalue weighted by Crippen LogP contribution is -2.24. The SMILES string of the molecule is CN(C)CCCNc1ccnc(C(=O)NCc2ccc(F)cc2)c1. The number of aromatic nitrogens is 1. The molecule has 1 heterocycles. The summed E-state index contributed by atoms with van der Waals surface area (Å²) in [5.41, 5.74) is 2.06. The van der Waals surface area contributed by atoms with Crippen molar-refractivity contribution in [3.05, 3.63) is 59.7 Å². The molecule has 2 rings (SSSR count). The van der Waals surface area contributed by atoms with Crippen molar-refractivity contribution in [2.45, 2.75) is 13.0 Å². The van der Waals surface area contributed by atoms with Crippen molar-refractivity contribution < 1.29 is 9.18 Å². The molecule has 0 aliphatic heterocycles. The van der Waals surface area contributed by atoms with Gasteiger partial charge in [0.1, 0.15) is 11.5 Å². The van der Waals surface area contributed by atoms with Crippen LogP contribution in [0.5, 0.6) is 0 Å². The molecular weight excluding hydrogens is 307 g/mol. The Balaban J connectivity index is 1.85. The van der Waals surface area contributed by atoms with Crippen molar-refractivity contribution in [3.63, 3.8) is 0 Å². The van der Waals surface area contributed by atoms with Crippen molar-refractivity contribution >= 4 is 11.6 Å². The number of nitrogens with zero attached hydrogens (tertiary/aromatic N) is 2. The second-order valence-corrected chi connectivity index (χ2v) is 5.82. The maximum atomic E-state index is 12.9. The van der Waals surface area contributed by atoms with Crippen LogP contribution in [0, 0.1) is 5.82 Å². The van der Waals surface area contributed by atoms with Crippen LogP contribution in [0.25, 0.3) is 0 Å². The molecule has 0 aliphatic rings. The van der Waals surface area contributed by atoms with E-state index >= 15 is 0 Å². The van der Waals surface area contributed by atoms with E-state index in [1.165, 1.54) is 12.1 Å². The number of anilines is 1. The highest BCUT2D eigenvalue weighted by atomic mass is 19.1. The van der Waals surface area contributed by atoms with Gasteiger partial charge in [0, 0.05) is 25.0 Å². The predicted octanol–water partition coefficient (Wildman–Crippen LogP) is 2.51. The molecule has 2 aromatic rings. The summed E-state index contributed by atoms with van der Waals surface area (Å²) in [5.74, 6) is -0.545. The van der Waals surface area contributed by atoms with E-state index < -0.39 is 0 Å². The first-order valence-electron chi connectivity index (χ1n) is 7.92. The van der Waals surface area contributed by atoms with E-state index in [9.17, 15) is 9.18 Å². The number of pyridine rings is 1. The summed E-state index contributed by atoms with van der Waals surface area (Å²) in [6, 6.07) is 9.61. The lowest BCUT2D eigenvalue weighted by Gasteiger charge is -2.11. The van der Waals surface area contributed by atoms with Gasteiger partial charge in [-0.05, 0) is 56.9 Å². The molecule has 1 aromatic heterocycles. The van der Waals surface area contributed by atoms with Crippen molar-refractivity contribution in [3.8, 4) is 0 Å². The Labute approximate surface area is 141 Å². The molecule has 0 atom stereocenters. The molecule has 0 unspecified atom stereocenters. The number of carbonyl (C=O) groups is 1. The van der Waals surface area contributed by atoms with E-state index in [1.807, 2.05) is 20.2 Å². The van der Waals surface area contributed by atoms with E-state index in [0.717, 1.165) is 30.8 Å². The van der Waals surface area contributed by atoms with Gasteiger partial charge in [0.15, 0.2) is 0 Å². The van der Waals surface area contributed by atoms with Gasteiger partial charge in [-0.1, -0.05) is 12.1 Å². The predicted molar refractivity (Wildman–Crippen MR) is 93.5 cm³/mol. The van der Waals surface area contributed by atoms with Gasteiger partial charge in [-0.2, -0.15) is 0 Å². The van der Waals surface area contributed by atoms with E-state index in [2.05, 4.69) is 20.5 Å². The minimum Gasteiger partial charge on any atom is -0.385 e. The molecule has 128 valence electrons.